The van der Waals surface area contributed by atoms with E-state index < -0.39 is 0 Å². The molecule has 25 heavy (non-hydrogen) atoms. The molecule has 132 valence electrons. The summed E-state index contributed by atoms with van der Waals surface area (Å²) in [7, 11) is 0. The molecule has 2 N–H and O–H groups in total. The van der Waals surface area contributed by atoms with Crippen LogP contribution >= 0.6 is 11.3 Å². The fourth-order valence-electron chi connectivity index (χ4n) is 3.38. The van der Waals surface area contributed by atoms with Gasteiger partial charge in [-0.3, -0.25) is 0 Å². The quantitative estimate of drug-likeness (QED) is 0.676. The molecule has 0 radical (unpaired) electrons. The average Bonchev–Trinajstić information content (AvgIpc) is 3.36. The number of hydrogen-bond acceptors (Lipinski definition) is 6. The molecule has 3 aromatic rings. The van der Waals surface area contributed by atoms with Crippen LogP contribution in [0.4, 0.5) is 0 Å². The highest BCUT2D eigenvalue weighted by Crippen LogP contribution is 2.24. The summed E-state index contributed by atoms with van der Waals surface area (Å²) in [5, 5.41) is 14.6. The van der Waals surface area contributed by atoms with Crippen molar-refractivity contribution in [3.8, 4) is 10.8 Å². The van der Waals surface area contributed by atoms with Crippen molar-refractivity contribution in [1.82, 2.24) is 15.4 Å². The lowest BCUT2D eigenvalue weighted by molar-refractivity contribution is -1.03. The highest BCUT2D eigenvalue weighted by molar-refractivity contribution is 7.13. The number of rotatable bonds is 5. The molecule has 7 nitrogen and oxygen atoms in total. The maximum atomic E-state index is 5.91. The number of nitrogens with one attached hydrogen (secondary N) is 2. The summed E-state index contributed by atoms with van der Waals surface area (Å²) in [6.45, 7) is 9.43. The molecule has 1 aliphatic heterocycles. The Labute approximate surface area is 150 Å². The van der Waals surface area contributed by atoms with Crippen LogP contribution in [0.5, 0.6) is 0 Å². The van der Waals surface area contributed by atoms with Crippen molar-refractivity contribution in [3.05, 3.63) is 40.9 Å². The summed E-state index contributed by atoms with van der Waals surface area (Å²) in [6, 6.07) is 6.25. The van der Waals surface area contributed by atoms with Crippen molar-refractivity contribution in [2.45, 2.75) is 26.4 Å². The number of thiophene rings is 1. The van der Waals surface area contributed by atoms with Crippen LogP contribution in [0.15, 0.2) is 32.5 Å². The minimum absolute atomic E-state index is 0.219. The Balaban J connectivity index is 1.34. The highest BCUT2D eigenvalue weighted by atomic mass is 32.1. The van der Waals surface area contributed by atoms with Crippen LogP contribution in [-0.2, 0) is 6.54 Å². The van der Waals surface area contributed by atoms with Crippen molar-refractivity contribution in [3.63, 3.8) is 0 Å². The van der Waals surface area contributed by atoms with E-state index in [0.717, 1.165) is 54.9 Å². The molecule has 1 aliphatic rings. The number of hydrogen-bond donors (Lipinski definition) is 2. The highest BCUT2D eigenvalue weighted by Gasteiger charge is 2.31. The van der Waals surface area contributed by atoms with Crippen LogP contribution in [-0.4, -0.2) is 41.5 Å². The Morgan fingerprint density at radius 1 is 1.24 bits per heavy atom. The molecule has 1 atom stereocenters. The van der Waals surface area contributed by atoms with Crippen LogP contribution in [0, 0.1) is 6.92 Å². The normalized spacial score (nSPS) is 22.2. The van der Waals surface area contributed by atoms with Crippen LogP contribution < -0.4 is 9.80 Å². The fourth-order valence-corrected chi connectivity index (χ4v) is 4.02. The number of piperazine rings is 1. The van der Waals surface area contributed by atoms with E-state index in [0.29, 0.717) is 5.89 Å². The van der Waals surface area contributed by atoms with Crippen LogP contribution in [0.1, 0.15) is 30.3 Å². The first-order valence-electron chi connectivity index (χ1n) is 8.66. The topological polar surface area (TPSA) is 73.8 Å². The molecule has 0 saturated carbocycles. The molecule has 4 heterocycles. The van der Waals surface area contributed by atoms with E-state index in [1.807, 2.05) is 30.5 Å². The third kappa shape index (κ3) is 3.65. The zero-order chi connectivity index (χ0) is 17.2. The first-order chi connectivity index (χ1) is 12.2. The van der Waals surface area contributed by atoms with Crippen molar-refractivity contribution in [2.75, 3.05) is 26.2 Å². The van der Waals surface area contributed by atoms with Gasteiger partial charge in [0.25, 0.3) is 11.8 Å². The first-order valence-corrected chi connectivity index (χ1v) is 9.54. The van der Waals surface area contributed by atoms with E-state index in [2.05, 4.69) is 22.3 Å². The predicted molar refractivity (Wildman–Crippen MR) is 92.4 cm³/mol. The van der Waals surface area contributed by atoms with Gasteiger partial charge in [0.05, 0.1) is 4.88 Å². The maximum Gasteiger partial charge on any atom is 0.274 e. The Morgan fingerprint density at radius 2 is 2.08 bits per heavy atom. The van der Waals surface area contributed by atoms with E-state index in [4.69, 9.17) is 8.94 Å². The molecule has 0 aromatic carbocycles. The zero-order valence-corrected chi connectivity index (χ0v) is 15.3. The van der Waals surface area contributed by atoms with Gasteiger partial charge in [-0.15, -0.1) is 21.5 Å². The van der Waals surface area contributed by atoms with Gasteiger partial charge in [-0.1, -0.05) is 11.2 Å². The Morgan fingerprint density at radius 3 is 2.76 bits per heavy atom. The average molecular weight is 361 g/mol. The van der Waals surface area contributed by atoms with Crippen molar-refractivity contribution >= 4 is 11.3 Å². The van der Waals surface area contributed by atoms with Gasteiger partial charge in [0.15, 0.2) is 6.04 Å². The van der Waals surface area contributed by atoms with Gasteiger partial charge in [-0.25, -0.2) is 0 Å². The molecule has 0 amide bonds. The van der Waals surface area contributed by atoms with E-state index in [-0.39, 0.29) is 6.04 Å². The molecular formula is C17H23N5O2S+2. The summed E-state index contributed by atoms with van der Waals surface area (Å²) < 4.78 is 11.1. The van der Waals surface area contributed by atoms with Gasteiger partial charge in [-0.05, 0) is 25.3 Å². The second-order valence-corrected chi connectivity index (χ2v) is 7.61. The molecular weight excluding hydrogens is 338 g/mol. The van der Waals surface area contributed by atoms with Crippen LogP contribution in [0.2, 0.25) is 0 Å². The van der Waals surface area contributed by atoms with E-state index in [1.165, 1.54) is 4.90 Å². The second-order valence-electron chi connectivity index (χ2n) is 6.66. The Hall–Kier alpha value is -2.03. The smallest absolute Gasteiger partial charge is 0.274 e. The minimum atomic E-state index is 0.219. The van der Waals surface area contributed by atoms with Crippen molar-refractivity contribution < 1.29 is 18.7 Å². The Bertz CT molecular complexity index is 805. The molecule has 4 rings (SSSR count). The molecule has 0 aliphatic carbocycles. The van der Waals surface area contributed by atoms with Crippen molar-refractivity contribution in [1.29, 1.82) is 0 Å². The number of nitrogens with zero attached hydrogens (tertiary/aromatic N) is 3. The van der Waals surface area contributed by atoms with E-state index in [9.17, 15) is 0 Å². The summed E-state index contributed by atoms with van der Waals surface area (Å²) in [6.07, 6.45) is 0. The van der Waals surface area contributed by atoms with Crippen LogP contribution in [0.25, 0.3) is 10.8 Å². The SMILES string of the molecule is Cc1cc(C[NH+]2CC[NH+]([C@H](C)c3nnc(-c4cccs4)o3)CC2)no1. The fraction of sp³-hybridized carbons (Fsp3) is 0.471. The lowest BCUT2D eigenvalue weighted by Gasteiger charge is -2.31. The second kappa shape index (κ2) is 7.07. The maximum absolute atomic E-state index is 5.91. The molecule has 1 fully saturated rings. The largest absolute Gasteiger partial charge is 0.414 e. The van der Waals surface area contributed by atoms with Gasteiger partial charge in [0, 0.05) is 6.07 Å². The minimum Gasteiger partial charge on any atom is -0.414 e. The molecule has 0 unspecified atom stereocenters. The van der Waals surface area contributed by atoms with Crippen LogP contribution in [0.3, 0.4) is 0 Å². The van der Waals surface area contributed by atoms with Gasteiger partial charge in [0.2, 0.25) is 0 Å². The summed E-state index contributed by atoms with van der Waals surface area (Å²) in [4.78, 5) is 4.08. The third-order valence-electron chi connectivity index (χ3n) is 4.86. The van der Waals surface area contributed by atoms with Gasteiger partial charge >= 0.3 is 0 Å². The predicted octanol–water partition coefficient (Wildman–Crippen LogP) is 0.139. The molecule has 1 saturated heterocycles. The number of aromatic nitrogens is 3. The Kier molecular flexibility index (Phi) is 4.65. The molecule has 3 aromatic heterocycles. The summed E-state index contributed by atoms with van der Waals surface area (Å²) in [5.74, 6) is 2.24. The zero-order valence-electron chi connectivity index (χ0n) is 14.5. The monoisotopic (exact) mass is 361 g/mol. The first kappa shape index (κ1) is 16.4. The lowest BCUT2D eigenvalue weighted by Crippen LogP contribution is -3.27. The van der Waals surface area contributed by atoms with Gasteiger partial charge in [-0.2, -0.15) is 0 Å². The summed E-state index contributed by atoms with van der Waals surface area (Å²) in [5.41, 5.74) is 1.04. The number of aryl methyl sites for hydroxylation is 1. The molecule has 8 heteroatoms. The molecule has 0 spiro atoms. The van der Waals surface area contributed by atoms with Crippen molar-refractivity contribution in [2.24, 2.45) is 0 Å². The lowest BCUT2D eigenvalue weighted by atomic mass is 10.2. The number of quaternary nitrogens is 2. The van der Waals surface area contributed by atoms with E-state index >= 15 is 0 Å². The van der Waals surface area contributed by atoms with E-state index in [1.54, 1.807) is 16.2 Å². The van der Waals surface area contributed by atoms with Gasteiger partial charge < -0.3 is 18.7 Å². The molecule has 0 bridgehead atoms. The van der Waals surface area contributed by atoms with Gasteiger partial charge in [0.1, 0.15) is 44.2 Å². The standard InChI is InChI=1S/C17H21N5O2S/c1-12-10-14(20-24-12)11-21-5-7-22(8-6-21)13(2)16-18-19-17(23-16)15-4-3-9-25-15/h3-4,9-10,13H,5-8,11H2,1-2H3/p+2/t13-/m1/s1. The third-order valence-corrected chi connectivity index (χ3v) is 5.72. The summed E-state index contributed by atoms with van der Waals surface area (Å²) >= 11 is 1.62.